The quantitative estimate of drug-likeness (QED) is 0.821. The van der Waals surface area contributed by atoms with Crippen molar-refractivity contribution in [3.05, 3.63) is 35.7 Å². The summed E-state index contributed by atoms with van der Waals surface area (Å²) in [6, 6.07) is 2.79. The molecule has 0 saturated heterocycles. The molecule has 0 saturated carbocycles. The molecule has 0 spiro atoms. The molecule has 0 radical (unpaired) electrons. The summed E-state index contributed by atoms with van der Waals surface area (Å²) >= 11 is 0. The second-order valence-corrected chi connectivity index (χ2v) is 7.53. The third kappa shape index (κ3) is 3.27. The Hall–Kier alpha value is -2.88. The maximum absolute atomic E-state index is 12.6. The molecular weight excluding hydrogens is 360 g/mol. The van der Waals surface area contributed by atoms with Crippen molar-refractivity contribution in [3.8, 4) is 5.75 Å². The highest BCUT2D eigenvalue weighted by atomic mass is 32.2. The minimum absolute atomic E-state index is 0.101. The second kappa shape index (κ2) is 6.45. The number of anilines is 1. The SMILES string of the molecule is CCn1cc(C(=O)NS(=O)(=O)c2cc3c(cc2C)NC(=O)[C@H](C)O3)cn1. The van der Waals surface area contributed by atoms with E-state index < -0.39 is 22.0 Å². The van der Waals surface area contributed by atoms with Crippen molar-refractivity contribution in [1.29, 1.82) is 0 Å². The third-order valence-corrected chi connectivity index (χ3v) is 5.42. The third-order valence-electron chi connectivity index (χ3n) is 3.94. The van der Waals surface area contributed by atoms with E-state index in [1.54, 1.807) is 13.8 Å². The van der Waals surface area contributed by atoms with Gasteiger partial charge in [-0.05, 0) is 32.4 Å². The van der Waals surface area contributed by atoms with Gasteiger partial charge < -0.3 is 10.1 Å². The lowest BCUT2D eigenvalue weighted by atomic mass is 10.1. The van der Waals surface area contributed by atoms with Crippen molar-refractivity contribution >= 4 is 27.5 Å². The van der Waals surface area contributed by atoms with E-state index in [-0.39, 0.29) is 22.1 Å². The number of nitrogens with one attached hydrogen (secondary N) is 2. The summed E-state index contributed by atoms with van der Waals surface area (Å²) in [5.41, 5.74) is 0.898. The van der Waals surface area contributed by atoms with Crippen LogP contribution in [0, 0.1) is 6.92 Å². The van der Waals surface area contributed by atoms with Gasteiger partial charge in [-0.2, -0.15) is 5.10 Å². The molecule has 26 heavy (non-hydrogen) atoms. The lowest BCUT2D eigenvalue weighted by Gasteiger charge is -2.24. The highest BCUT2D eigenvalue weighted by molar-refractivity contribution is 7.90. The van der Waals surface area contributed by atoms with Gasteiger partial charge in [0.05, 0.1) is 22.3 Å². The van der Waals surface area contributed by atoms with E-state index >= 15 is 0 Å². The molecule has 2 heterocycles. The summed E-state index contributed by atoms with van der Waals surface area (Å²) in [6.07, 6.45) is 2.02. The smallest absolute Gasteiger partial charge is 0.268 e. The highest BCUT2D eigenvalue weighted by Gasteiger charge is 2.28. The Labute approximate surface area is 150 Å². The summed E-state index contributed by atoms with van der Waals surface area (Å²) < 4.78 is 34.3. The van der Waals surface area contributed by atoms with E-state index in [1.807, 2.05) is 11.6 Å². The molecule has 1 aromatic carbocycles. The van der Waals surface area contributed by atoms with Crippen LogP contribution in [0.15, 0.2) is 29.4 Å². The monoisotopic (exact) mass is 378 g/mol. The van der Waals surface area contributed by atoms with E-state index in [0.717, 1.165) is 0 Å². The van der Waals surface area contributed by atoms with E-state index in [4.69, 9.17) is 4.74 Å². The fourth-order valence-electron chi connectivity index (χ4n) is 2.52. The molecule has 3 rings (SSSR count). The number of ether oxygens (including phenoxy) is 1. The van der Waals surface area contributed by atoms with Crippen LogP contribution in [-0.2, 0) is 21.4 Å². The van der Waals surface area contributed by atoms with Gasteiger partial charge in [0.1, 0.15) is 5.75 Å². The van der Waals surface area contributed by atoms with Crippen molar-refractivity contribution in [3.63, 3.8) is 0 Å². The van der Waals surface area contributed by atoms with Gasteiger partial charge in [-0.25, -0.2) is 13.1 Å². The topological polar surface area (TPSA) is 119 Å². The van der Waals surface area contributed by atoms with E-state index in [1.165, 1.54) is 29.2 Å². The number of fused-ring (bicyclic) bond motifs is 1. The van der Waals surface area contributed by atoms with Crippen LogP contribution in [-0.4, -0.2) is 36.1 Å². The standard InChI is InChI=1S/C16H18N4O5S/c1-4-20-8-11(7-17-20)16(22)19-26(23,24)14-6-13-12(5-9(14)2)18-15(21)10(3)25-13/h5-8,10H,4H2,1-3H3,(H,18,21)(H,19,22)/t10-/m0/s1. The first kappa shape index (κ1) is 17.9. The summed E-state index contributed by atoms with van der Waals surface area (Å²) in [5, 5.41) is 6.60. The number of carbonyl (C=O) groups is 2. The molecule has 0 unspecified atom stereocenters. The molecule has 1 aromatic heterocycles. The van der Waals surface area contributed by atoms with Crippen molar-refractivity contribution in [2.75, 3.05) is 5.32 Å². The molecule has 0 aliphatic carbocycles. The van der Waals surface area contributed by atoms with Gasteiger partial charge in [0.15, 0.2) is 6.10 Å². The predicted octanol–water partition coefficient (Wildman–Crippen LogP) is 1.05. The van der Waals surface area contributed by atoms with Crippen LogP contribution in [0.2, 0.25) is 0 Å². The van der Waals surface area contributed by atoms with Gasteiger partial charge in [0.2, 0.25) is 0 Å². The maximum atomic E-state index is 12.6. The zero-order valence-electron chi connectivity index (χ0n) is 14.4. The van der Waals surface area contributed by atoms with Gasteiger partial charge in [0.25, 0.3) is 21.8 Å². The Morgan fingerprint density at radius 3 is 2.81 bits per heavy atom. The number of nitrogens with zero attached hydrogens (tertiary/aromatic N) is 2. The summed E-state index contributed by atoms with van der Waals surface area (Å²) in [5.74, 6) is -0.854. The molecule has 0 bridgehead atoms. The Morgan fingerprint density at radius 2 is 2.15 bits per heavy atom. The molecule has 2 amide bonds. The normalized spacial score (nSPS) is 16.4. The highest BCUT2D eigenvalue weighted by Crippen LogP contribution is 2.34. The molecule has 0 fully saturated rings. The number of aryl methyl sites for hydroxylation is 2. The number of rotatable bonds is 4. The zero-order valence-corrected chi connectivity index (χ0v) is 15.3. The van der Waals surface area contributed by atoms with E-state index in [2.05, 4.69) is 10.4 Å². The number of hydrogen-bond donors (Lipinski definition) is 2. The number of amides is 2. The van der Waals surface area contributed by atoms with Gasteiger partial charge >= 0.3 is 0 Å². The first-order valence-corrected chi connectivity index (χ1v) is 9.41. The van der Waals surface area contributed by atoms with E-state index in [9.17, 15) is 18.0 Å². The number of hydrogen-bond acceptors (Lipinski definition) is 6. The Bertz CT molecular complexity index is 996. The summed E-state index contributed by atoms with van der Waals surface area (Å²) in [4.78, 5) is 23.8. The first-order valence-electron chi connectivity index (χ1n) is 7.93. The van der Waals surface area contributed by atoms with Crippen molar-refractivity contribution in [1.82, 2.24) is 14.5 Å². The zero-order chi connectivity index (χ0) is 19.1. The van der Waals surface area contributed by atoms with Gasteiger partial charge in [-0.3, -0.25) is 14.3 Å². The van der Waals surface area contributed by atoms with Crippen LogP contribution < -0.4 is 14.8 Å². The lowest BCUT2D eigenvalue weighted by Crippen LogP contribution is -2.35. The molecule has 2 aromatic rings. The van der Waals surface area contributed by atoms with Gasteiger partial charge in [0, 0.05) is 18.8 Å². The molecule has 1 aliphatic rings. The number of carbonyl (C=O) groups excluding carboxylic acids is 2. The minimum atomic E-state index is -4.13. The van der Waals surface area contributed by atoms with Crippen LogP contribution in [0.4, 0.5) is 5.69 Å². The molecule has 1 atom stereocenters. The maximum Gasteiger partial charge on any atom is 0.268 e. The van der Waals surface area contributed by atoms with Crippen LogP contribution in [0.25, 0.3) is 0 Å². The molecule has 2 N–H and O–H groups in total. The van der Waals surface area contributed by atoms with Crippen molar-refractivity contribution in [2.24, 2.45) is 0 Å². The van der Waals surface area contributed by atoms with Crippen molar-refractivity contribution < 1.29 is 22.7 Å². The Balaban J connectivity index is 1.91. The van der Waals surface area contributed by atoms with Crippen LogP contribution in [0.3, 0.4) is 0 Å². The minimum Gasteiger partial charge on any atom is -0.479 e. The summed E-state index contributed by atoms with van der Waals surface area (Å²) in [6.45, 7) is 5.53. The average Bonchev–Trinajstić information content (AvgIpc) is 3.04. The molecule has 9 nitrogen and oxygen atoms in total. The van der Waals surface area contributed by atoms with Crippen LogP contribution in [0.1, 0.15) is 29.8 Å². The van der Waals surface area contributed by atoms with Crippen LogP contribution in [0.5, 0.6) is 5.75 Å². The molecular formula is C16H18N4O5S. The van der Waals surface area contributed by atoms with Crippen LogP contribution >= 0.6 is 0 Å². The largest absolute Gasteiger partial charge is 0.479 e. The lowest BCUT2D eigenvalue weighted by molar-refractivity contribution is -0.122. The number of benzene rings is 1. The molecule has 10 heteroatoms. The molecule has 1 aliphatic heterocycles. The number of aromatic nitrogens is 2. The average molecular weight is 378 g/mol. The number of sulfonamides is 1. The van der Waals surface area contributed by atoms with Crippen molar-refractivity contribution in [2.45, 2.75) is 38.3 Å². The predicted molar refractivity (Wildman–Crippen MR) is 92.5 cm³/mol. The summed E-state index contributed by atoms with van der Waals surface area (Å²) in [7, 11) is -4.13. The fourth-order valence-corrected chi connectivity index (χ4v) is 3.74. The first-order chi connectivity index (χ1) is 12.2. The van der Waals surface area contributed by atoms with Gasteiger partial charge in [-0.1, -0.05) is 0 Å². The van der Waals surface area contributed by atoms with Gasteiger partial charge in [-0.15, -0.1) is 0 Å². The van der Waals surface area contributed by atoms with E-state index in [0.29, 0.717) is 17.8 Å². The molecule has 138 valence electrons. The fraction of sp³-hybridized carbons (Fsp3) is 0.312. The second-order valence-electron chi connectivity index (χ2n) is 5.88. The Morgan fingerprint density at radius 1 is 1.42 bits per heavy atom. The Kier molecular flexibility index (Phi) is 4.45.